The van der Waals surface area contributed by atoms with E-state index in [9.17, 15) is 18.0 Å². The highest BCUT2D eigenvalue weighted by molar-refractivity contribution is 8.00. The van der Waals surface area contributed by atoms with E-state index < -0.39 is 5.51 Å². The van der Waals surface area contributed by atoms with Crippen LogP contribution in [-0.4, -0.2) is 23.7 Å². The Morgan fingerprint density at radius 2 is 2.05 bits per heavy atom. The fourth-order valence-electron chi connectivity index (χ4n) is 2.08. The minimum absolute atomic E-state index is 0.0555. The SMILES string of the molecule is Nc1ccc2c(c1)CCC(=O)N2CCSC(F)(F)F. The molecule has 0 bridgehead atoms. The molecule has 0 fully saturated rings. The Labute approximate surface area is 112 Å². The van der Waals surface area contributed by atoms with Crippen LogP contribution in [0.15, 0.2) is 18.2 Å². The van der Waals surface area contributed by atoms with Gasteiger partial charge in [-0.2, -0.15) is 13.2 Å². The number of rotatable bonds is 3. The minimum atomic E-state index is -4.26. The summed E-state index contributed by atoms with van der Waals surface area (Å²) in [4.78, 5) is 13.2. The third kappa shape index (κ3) is 3.56. The highest BCUT2D eigenvalue weighted by Crippen LogP contribution is 2.32. The lowest BCUT2D eigenvalue weighted by Crippen LogP contribution is -2.37. The fourth-order valence-corrected chi connectivity index (χ4v) is 2.58. The van der Waals surface area contributed by atoms with Gasteiger partial charge >= 0.3 is 5.51 Å². The predicted molar refractivity (Wildman–Crippen MR) is 70.0 cm³/mol. The first-order valence-electron chi connectivity index (χ1n) is 5.76. The molecule has 1 aliphatic rings. The van der Waals surface area contributed by atoms with Crippen molar-refractivity contribution in [1.82, 2.24) is 0 Å². The van der Waals surface area contributed by atoms with Crippen LogP contribution in [0.1, 0.15) is 12.0 Å². The average molecular weight is 290 g/mol. The predicted octanol–water partition coefficient (Wildman–Crippen LogP) is 2.80. The van der Waals surface area contributed by atoms with Crippen LogP contribution in [0.4, 0.5) is 24.5 Å². The molecule has 2 rings (SSSR count). The molecule has 1 amide bonds. The van der Waals surface area contributed by atoms with E-state index in [1.165, 1.54) is 4.90 Å². The maximum absolute atomic E-state index is 12.1. The molecule has 0 spiro atoms. The number of carbonyl (C=O) groups excluding carboxylic acids is 1. The standard InChI is InChI=1S/C12H13F3N2OS/c13-12(14,15)19-6-5-17-10-3-2-9(16)7-8(10)1-4-11(17)18/h2-3,7H,1,4-6,16H2. The van der Waals surface area contributed by atoms with Crippen LogP contribution in [0.25, 0.3) is 0 Å². The summed E-state index contributed by atoms with van der Waals surface area (Å²) in [7, 11) is 0. The largest absolute Gasteiger partial charge is 0.441 e. The number of thioether (sulfide) groups is 1. The van der Waals surface area contributed by atoms with Crippen molar-refractivity contribution in [3.63, 3.8) is 0 Å². The van der Waals surface area contributed by atoms with E-state index in [1.54, 1.807) is 18.2 Å². The summed E-state index contributed by atoms with van der Waals surface area (Å²) < 4.78 is 36.3. The molecular formula is C12H13F3N2OS. The number of nitrogen functional groups attached to an aromatic ring is 1. The number of halogens is 3. The van der Waals surface area contributed by atoms with Gasteiger partial charge in [0.25, 0.3) is 0 Å². The molecule has 0 atom stereocenters. The number of hydrogen-bond donors (Lipinski definition) is 1. The van der Waals surface area contributed by atoms with Gasteiger partial charge in [0.2, 0.25) is 5.91 Å². The number of fused-ring (bicyclic) bond motifs is 1. The van der Waals surface area contributed by atoms with Gasteiger partial charge in [-0.05, 0) is 41.9 Å². The number of nitrogens with zero attached hydrogens (tertiary/aromatic N) is 1. The molecule has 7 heteroatoms. The molecule has 0 unspecified atom stereocenters. The van der Waals surface area contributed by atoms with Gasteiger partial charge in [-0.3, -0.25) is 4.79 Å². The van der Waals surface area contributed by atoms with Crippen molar-refractivity contribution in [3.8, 4) is 0 Å². The summed E-state index contributed by atoms with van der Waals surface area (Å²) in [5.41, 5.74) is 3.58. The van der Waals surface area contributed by atoms with Crippen LogP contribution in [-0.2, 0) is 11.2 Å². The van der Waals surface area contributed by atoms with Crippen molar-refractivity contribution in [2.24, 2.45) is 0 Å². The third-order valence-electron chi connectivity index (χ3n) is 2.88. The molecule has 104 valence electrons. The lowest BCUT2D eigenvalue weighted by Gasteiger charge is -2.29. The van der Waals surface area contributed by atoms with Gasteiger partial charge in [-0.15, -0.1) is 0 Å². The normalized spacial score (nSPS) is 15.5. The van der Waals surface area contributed by atoms with Crippen LogP contribution in [0.2, 0.25) is 0 Å². The van der Waals surface area contributed by atoms with Crippen LogP contribution < -0.4 is 10.6 Å². The molecule has 0 aliphatic carbocycles. The Hall–Kier alpha value is -1.37. The van der Waals surface area contributed by atoms with Gasteiger partial charge in [0.15, 0.2) is 0 Å². The molecule has 2 N–H and O–H groups in total. The van der Waals surface area contributed by atoms with Crippen LogP contribution in [0, 0.1) is 0 Å². The van der Waals surface area contributed by atoms with E-state index in [1.807, 2.05) is 0 Å². The molecule has 0 saturated heterocycles. The molecule has 0 radical (unpaired) electrons. The highest BCUT2D eigenvalue weighted by Gasteiger charge is 2.30. The van der Waals surface area contributed by atoms with Gasteiger partial charge in [-0.1, -0.05) is 0 Å². The van der Waals surface area contributed by atoms with Gasteiger partial charge in [0.05, 0.1) is 0 Å². The smallest absolute Gasteiger partial charge is 0.399 e. The zero-order valence-electron chi connectivity index (χ0n) is 10.0. The summed E-state index contributed by atoms with van der Waals surface area (Å²) in [6.07, 6.45) is 0.898. The number of amides is 1. The number of aryl methyl sites for hydroxylation is 1. The molecule has 1 aromatic carbocycles. The van der Waals surface area contributed by atoms with Gasteiger partial charge in [0, 0.05) is 30.1 Å². The van der Waals surface area contributed by atoms with Crippen molar-refractivity contribution < 1.29 is 18.0 Å². The Morgan fingerprint density at radius 1 is 1.32 bits per heavy atom. The number of hydrogen-bond acceptors (Lipinski definition) is 3. The number of nitrogens with two attached hydrogens (primary N) is 1. The zero-order valence-corrected chi connectivity index (χ0v) is 10.9. The van der Waals surface area contributed by atoms with E-state index >= 15 is 0 Å². The topological polar surface area (TPSA) is 46.3 Å². The number of anilines is 2. The second kappa shape index (κ2) is 5.32. The summed E-state index contributed by atoms with van der Waals surface area (Å²) in [5.74, 6) is -0.306. The van der Waals surface area contributed by atoms with E-state index in [0.29, 0.717) is 24.2 Å². The Bertz CT molecular complexity index is 490. The maximum Gasteiger partial charge on any atom is 0.441 e. The first-order chi connectivity index (χ1) is 8.87. The first-order valence-corrected chi connectivity index (χ1v) is 6.75. The van der Waals surface area contributed by atoms with Gasteiger partial charge < -0.3 is 10.6 Å². The molecule has 1 aliphatic heterocycles. The molecule has 1 aromatic rings. The Morgan fingerprint density at radius 3 is 2.74 bits per heavy atom. The Kier molecular flexibility index (Phi) is 3.93. The van der Waals surface area contributed by atoms with Crippen molar-refractivity contribution in [1.29, 1.82) is 0 Å². The van der Waals surface area contributed by atoms with E-state index in [4.69, 9.17) is 5.73 Å². The van der Waals surface area contributed by atoms with Crippen LogP contribution >= 0.6 is 11.8 Å². The molecule has 0 saturated carbocycles. The molecule has 19 heavy (non-hydrogen) atoms. The Balaban J connectivity index is 2.10. The van der Waals surface area contributed by atoms with E-state index in [-0.39, 0.29) is 30.0 Å². The van der Waals surface area contributed by atoms with Crippen LogP contribution in [0.5, 0.6) is 0 Å². The molecular weight excluding hydrogens is 277 g/mol. The summed E-state index contributed by atoms with van der Waals surface area (Å²) in [6.45, 7) is 0.0555. The van der Waals surface area contributed by atoms with E-state index in [0.717, 1.165) is 5.56 Å². The van der Waals surface area contributed by atoms with Crippen molar-refractivity contribution >= 4 is 29.0 Å². The van der Waals surface area contributed by atoms with Crippen molar-refractivity contribution in [2.75, 3.05) is 22.9 Å². The average Bonchev–Trinajstić information content (AvgIpc) is 2.30. The third-order valence-corrected chi connectivity index (χ3v) is 3.60. The summed E-state index contributed by atoms with van der Waals surface area (Å²) in [5, 5.41) is 0. The second-order valence-electron chi connectivity index (χ2n) is 4.23. The zero-order chi connectivity index (χ0) is 14.0. The van der Waals surface area contributed by atoms with Crippen molar-refractivity contribution in [2.45, 2.75) is 18.3 Å². The molecule has 0 aromatic heterocycles. The summed E-state index contributed by atoms with van der Waals surface area (Å²) >= 11 is -0.112. The monoisotopic (exact) mass is 290 g/mol. The fraction of sp³-hybridized carbons (Fsp3) is 0.417. The quantitative estimate of drug-likeness (QED) is 0.871. The molecule has 1 heterocycles. The summed E-state index contributed by atoms with van der Waals surface area (Å²) in [6, 6.07) is 5.12. The first kappa shape index (κ1) is 14.0. The minimum Gasteiger partial charge on any atom is -0.399 e. The lowest BCUT2D eigenvalue weighted by atomic mass is 10.0. The van der Waals surface area contributed by atoms with Gasteiger partial charge in [-0.25, -0.2) is 0 Å². The maximum atomic E-state index is 12.1. The van der Waals surface area contributed by atoms with Crippen molar-refractivity contribution in [3.05, 3.63) is 23.8 Å². The van der Waals surface area contributed by atoms with Crippen LogP contribution in [0.3, 0.4) is 0 Å². The number of benzene rings is 1. The number of alkyl halides is 3. The van der Waals surface area contributed by atoms with E-state index in [2.05, 4.69) is 0 Å². The highest BCUT2D eigenvalue weighted by atomic mass is 32.2. The number of carbonyl (C=O) groups is 1. The molecule has 3 nitrogen and oxygen atoms in total. The second-order valence-corrected chi connectivity index (χ2v) is 5.39. The van der Waals surface area contributed by atoms with Gasteiger partial charge in [0.1, 0.15) is 0 Å². The lowest BCUT2D eigenvalue weighted by molar-refractivity contribution is -0.118.